The number of ether oxygens (including phenoxy) is 2. The van der Waals surface area contributed by atoms with Crippen LogP contribution in [0.1, 0.15) is 61.7 Å². The van der Waals surface area contributed by atoms with Crippen molar-refractivity contribution in [2.45, 2.75) is 46.6 Å². The number of fused-ring (bicyclic) bond motifs is 1. The predicted molar refractivity (Wildman–Crippen MR) is 126 cm³/mol. The van der Waals surface area contributed by atoms with Crippen LogP contribution in [0.25, 0.3) is 0 Å². The summed E-state index contributed by atoms with van der Waals surface area (Å²) in [5.41, 5.74) is 1.81. The Hall–Kier alpha value is -2.61. The van der Waals surface area contributed by atoms with E-state index < -0.39 is 5.82 Å². The number of carbonyl (C=O) groups is 1. The number of benzene rings is 2. The molecule has 0 bridgehead atoms. The maximum absolute atomic E-state index is 15.4. The number of aromatic hydroxyl groups is 1. The Morgan fingerprint density at radius 1 is 1.22 bits per heavy atom. The molecule has 0 saturated carbocycles. The highest BCUT2D eigenvalue weighted by atomic mass is 79.9. The summed E-state index contributed by atoms with van der Waals surface area (Å²) in [5, 5.41) is 10.2. The molecule has 3 rings (SSSR count). The number of phenolic OH excluding ortho intramolecular Hbond substituents is 1. The summed E-state index contributed by atoms with van der Waals surface area (Å²) >= 11 is 3.09. The zero-order valence-electron chi connectivity index (χ0n) is 19.0. The Balaban J connectivity index is 1.93. The van der Waals surface area contributed by atoms with E-state index in [1.165, 1.54) is 6.07 Å². The van der Waals surface area contributed by atoms with E-state index in [2.05, 4.69) is 20.2 Å². The van der Waals surface area contributed by atoms with Crippen molar-refractivity contribution in [2.24, 2.45) is 4.02 Å². The van der Waals surface area contributed by atoms with Crippen molar-refractivity contribution in [1.29, 1.82) is 0 Å². The largest absolute Gasteiger partial charge is 0.508 e. The molecule has 0 aliphatic carbocycles. The van der Waals surface area contributed by atoms with Gasteiger partial charge in [0.15, 0.2) is 23.1 Å². The minimum Gasteiger partial charge on any atom is -0.508 e. The number of hydrogen-bond donors (Lipinski definition) is 1. The molecule has 6 nitrogen and oxygen atoms in total. The summed E-state index contributed by atoms with van der Waals surface area (Å²) in [4.78, 5) is 14.8. The van der Waals surface area contributed by atoms with Gasteiger partial charge in [0.2, 0.25) is 0 Å². The van der Waals surface area contributed by atoms with Crippen molar-refractivity contribution in [1.82, 2.24) is 4.90 Å². The van der Waals surface area contributed by atoms with Gasteiger partial charge in [-0.2, -0.15) is 4.02 Å². The summed E-state index contributed by atoms with van der Waals surface area (Å²) in [6, 6.07) is 6.59. The quantitative estimate of drug-likeness (QED) is 0.510. The highest BCUT2D eigenvalue weighted by molar-refractivity contribution is 9.08. The number of phenols is 1. The van der Waals surface area contributed by atoms with Gasteiger partial charge in [-0.1, -0.05) is 20.8 Å². The first kappa shape index (κ1) is 24.0. The summed E-state index contributed by atoms with van der Waals surface area (Å²) in [5.74, 6) is 0.140. The molecule has 1 heterocycles. The number of hydrogen-bond acceptors (Lipinski definition) is 5. The molecule has 32 heavy (non-hydrogen) atoms. The second kappa shape index (κ2) is 9.48. The van der Waals surface area contributed by atoms with Crippen molar-refractivity contribution in [3.8, 4) is 17.2 Å². The first-order valence-electron chi connectivity index (χ1n) is 10.5. The molecule has 0 unspecified atom stereocenters. The fraction of sp³-hybridized carbons (Fsp3) is 0.417. The number of Topliss-reactive ketones (excluding diaryl/α,β-unsaturated/α-hetero) is 1. The number of rotatable bonds is 7. The summed E-state index contributed by atoms with van der Waals surface area (Å²) in [7, 11) is 0. The van der Waals surface area contributed by atoms with E-state index in [1.807, 2.05) is 27.7 Å². The predicted octanol–water partition coefficient (Wildman–Crippen LogP) is 5.38. The molecular formula is C24H28BrFN2O4. The highest BCUT2D eigenvalue weighted by Crippen LogP contribution is 2.39. The van der Waals surface area contributed by atoms with Crippen LogP contribution in [0.5, 0.6) is 17.2 Å². The second-order valence-corrected chi connectivity index (χ2v) is 8.94. The van der Waals surface area contributed by atoms with Crippen LogP contribution in [0.4, 0.5) is 4.39 Å². The van der Waals surface area contributed by atoms with Gasteiger partial charge in [-0.15, -0.1) is 0 Å². The van der Waals surface area contributed by atoms with E-state index in [0.29, 0.717) is 47.0 Å². The molecular weight excluding hydrogens is 479 g/mol. The second-order valence-electron chi connectivity index (χ2n) is 8.59. The van der Waals surface area contributed by atoms with Gasteiger partial charge in [-0.25, -0.2) is 4.39 Å². The van der Waals surface area contributed by atoms with Crippen LogP contribution in [-0.2, 0) is 12.0 Å². The van der Waals surface area contributed by atoms with Gasteiger partial charge in [0, 0.05) is 12.1 Å². The Labute approximate surface area is 196 Å². The SMILES string of the molecule is CCOc1cc2c(c(F)c1OCC)/C(=N/Br)N(CC(=O)c1ccc(O)c(C(C)(C)C)c1)C2. The average molecular weight is 507 g/mol. The van der Waals surface area contributed by atoms with Crippen LogP contribution in [0.15, 0.2) is 28.3 Å². The molecule has 0 saturated heterocycles. The molecule has 1 N–H and O–H groups in total. The van der Waals surface area contributed by atoms with Gasteiger partial charge >= 0.3 is 0 Å². The summed E-state index contributed by atoms with van der Waals surface area (Å²) in [6.45, 7) is 10.5. The van der Waals surface area contributed by atoms with Crippen molar-refractivity contribution >= 4 is 27.8 Å². The van der Waals surface area contributed by atoms with Crippen LogP contribution in [0.2, 0.25) is 0 Å². The van der Waals surface area contributed by atoms with E-state index in [9.17, 15) is 9.90 Å². The maximum Gasteiger partial charge on any atom is 0.197 e. The van der Waals surface area contributed by atoms with Crippen LogP contribution < -0.4 is 9.47 Å². The van der Waals surface area contributed by atoms with Crippen LogP contribution in [0.3, 0.4) is 0 Å². The van der Waals surface area contributed by atoms with Gasteiger partial charge in [-0.3, -0.25) is 4.79 Å². The first-order chi connectivity index (χ1) is 15.1. The molecule has 1 aliphatic heterocycles. The van der Waals surface area contributed by atoms with E-state index in [0.717, 1.165) is 0 Å². The minimum absolute atomic E-state index is 0.000841. The lowest BCUT2D eigenvalue weighted by atomic mass is 9.85. The van der Waals surface area contributed by atoms with Crippen LogP contribution in [-0.4, -0.2) is 41.4 Å². The van der Waals surface area contributed by atoms with E-state index in [4.69, 9.17) is 9.47 Å². The first-order valence-corrected chi connectivity index (χ1v) is 11.2. The Morgan fingerprint density at radius 3 is 2.50 bits per heavy atom. The molecule has 0 spiro atoms. The van der Waals surface area contributed by atoms with E-state index in [-0.39, 0.29) is 35.8 Å². The lowest BCUT2D eigenvalue weighted by Crippen LogP contribution is -2.31. The zero-order chi connectivity index (χ0) is 23.6. The smallest absolute Gasteiger partial charge is 0.197 e. The highest BCUT2D eigenvalue weighted by Gasteiger charge is 2.34. The van der Waals surface area contributed by atoms with Crippen molar-refractivity contribution in [3.05, 3.63) is 52.3 Å². The van der Waals surface area contributed by atoms with Gasteiger partial charge in [0.05, 0.1) is 41.5 Å². The average Bonchev–Trinajstić information content (AvgIpc) is 3.07. The molecule has 0 atom stereocenters. The fourth-order valence-electron chi connectivity index (χ4n) is 3.81. The molecule has 0 aromatic heterocycles. The lowest BCUT2D eigenvalue weighted by molar-refractivity contribution is 0.0963. The van der Waals surface area contributed by atoms with Gasteiger partial charge in [0.25, 0.3) is 0 Å². The Bertz CT molecular complexity index is 1060. The maximum atomic E-state index is 15.4. The molecule has 0 amide bonds. The molecule has 2 aromatic carbocycles. The van der Waals surface area contributed by atoms with Gasteiger partial charge < -0.3 is 19.5 Å². The monoisotopic (exact) mass is 506 g/mol. The van der Waals surface area contributed by atoms with Gasteiger partial charge in [0.1, 0.15) is 11.6 Å². The van der Waals surface area contributed by atoms with Crippen LogP contribution >= 0.6 is 16.1 Å². The van der Waals surface area contributed by atoms with Crippen molar-refractivity contribution in [2.75, 3.05) is 19.8 Å². The normalized spacial score (nSPS) is 14.6. The number of halogens is 2. The van der Waals surface area contributed by atoms with Crippen molar-refractivity contribution in [3.63, 3.8) is 0 Å². The third kappa shape index (κ3) is 4.60. The molecule has 1 aliphatic rings. The summed E-state index contributed by atoms with van der Waals surface area (Å²) < 4.78 is 30.6. The topological polar surface area (TPSA) is 71.4 Å². The zero-order valence-corrected chi connectivity index (χ0v) is 20.5. The number of carbonyl (C=O) groups excluding carboxylic acids is 1. The molecule has 172 valence electrons. The Morgan fingerprint density at radius 2 is 1.91 bits per heavy atom. The molecule has 0 fully saturated rings. The minimum atomic E-state index is -0.555. The van der Waals surface area contributed by atoms with Gasteiger partial charge in [-0.05, 0) is 54.7 Å². The molecule has 8 heteroatoms. The third-order valence-electron chi connectivity index (χ3n) is 5.28. The summed E-state index contributed by atoms with van der Waals surface area (Å²) in [6.07, 6.45) is 0. The number of nitrogens with zero attached hydrogens (tertiary/aromatic N) is 2. The van der Waals surface area contributed by atoms with E-state index >= 15 is 4.39 Å². The van der Waals surface area contributed by atoms with Crippen molar-refractivity contribution < 1.29 is 23.8 Å². The fourth-order valence-corrected chi connectivity index (χ4v) is 4.21. The van der Waals surface area contributed by atoms with E-state index in [1.54, 1.807) is 30.0 Å². The number of amidine groups is 1. The third-order valence-corrected chi connectivity index (χ3v) is 5.62. The molecule has 0 radical (unpaired) electrons. The number of ketones is 1. The van der Waals surface area contributed by atoms with Crippen LogP contribution in [0, 0.1) is 5.82 Å². The molecule has 2 aromatic rings. The lowest BCUT2D eigenvalue weighted by Gasteiger charge is -2.22. The Kier molecular flexibility index (Phi) is 7.12. The standard InChI is InChI=1S/C24H28BrFN2O4/c1-6-31-19-11-15-12-28(23(27-25)20(15)21(26)22(19)32-7-2)13-18(30)14-8-9-17(29)16(10-14)24(3,4)5/h8-11,29H,6-7,12-13H2,1-5H3/b27-23-.